The second-order valence-corrected chi connectivity index (χ2v) is 5.50. The molecule has 0 unspecified atom stereocenters. The molecule has 0 aliphatic rings. The smallest absolute Gasteiger partial charge is 0.234 e. The quantitative estimate of drug-likeness (QED) is 0.829. The van der Waals surface area contributed by atoms with Gasteiger partial charge in [-0.15, -0.1) is 11.3 Å². The van der Waals surface area contributed by atoms with Crippen LogP contribution in [0.1, 0.15) is 36.3 Å². The van der Waals surface area contributed by atoms with Gasteiger partial charge in [-0.05, 0) is 6.92 Å². The number of carbonyl (C=O) groups excluding carboxylic acids is 1. The third-order valence-electron chi connectivity index (χ3n) is 2.49. The van der Waals surface area contributed by atoms with E-state index in [2.05, 4.69) is 15.1 Å². The summed E-state index contributed by atoms with van der Waals surface area (Å²) in [5.41, 5.74) is 0.931. The zero-order chi connectivity index (χ0) is 13.1. The summed E-state index contributed by atoms with van der Waals surface area (Å²) in [5, 5.41) is 6.85. The molecule has 0 aromatic carbocycles. The summed E-state index contributed by atoms with van der Waals surface area (Å²) in [6.45, 7) is 5.67. The first-order valence-corrected chi connectivity index (χ1v) is 6.67. The van der Waals surface area contributed by atoms with Crippen molar-refractivity contribution in [1.82, 2.24) is 15.1 Å². The van der Waals surface area contributed by atoms with Crippen LogP contribution in [-0.4, -0.2) is 20.9 Å². The number of nitrogens with zero attached hydrogens (tertiary/aromatic N) is 3. The van der Waals surface area contributed by atoms with Crippen molar-refractivity contribution in [1.29, 1.82) is 0 Å². The fourth-order valence-corrected chi connectivity index (χ4v) is 2.05. The molecule has 0 saturated carbocycles. The topological polar surface area (TPSA) is 68.9 Å². The number of Topliss-reactive ketones (excluding diaryl/α,β-unsaturated/α-hetero) is 1. The molecule has 6 heteroatoms. The molecule has 0 aliphatic carbocycles. The van der Waals surface area contributed by atoms with Gasteiger partial charge in [0.25, 0.3) is 0 Å². The molecule has 96 valence electrons. The Balaban J connectivity index is 2.00. The Labute approximate surface area is 109 Å². The molecule has 2 heterocycles. The van der Waals surface area contributed by atoms with Crippen molar-refractivity contribution in [3.8, 4) is 0 Å². The second-order valence-electron chi connectivity index (χ2n) is 4.44. The summed E-state index contributed by atoms with van der Waals surface area (Å²) in [4.78, 5) is 20.1. The maximum absolute atomic E-state index is 11.5. The Bertz CT molecular complexity index is 545. The Morgan fingerprint density at radius 2 is 2.22 bits per heavy atom. The zero-order valence-corrected chi connectivity index (χ0v) is 11.5. The fourth-order valence-electron chi connectivity index (χ4n) is 1.44. The van der Waals surface area contributed by atoms with Crippen LogP contribution in [0.2, 0.25) is 0 Å². The number of rotatable bonds is 5. The van der Waals surface area contributed by atoms with Crippen molar-refractivity contribution in [3.05, 3.63) is 27.8 Å². The SMILES string of the molecule is Cc1nc(Cc2noc(CC(=O)C(C)C)n2)cs1. The first kappa shape index (κ1) is 12.9. The first-order chi connectivity index (χ1) is 8.54. The van der Waals surface area contributed by atoms with E-state index >= 15 is 0 Å². The molecule has 0 radical (unpaired) electrons. The van der Waals surface area contributed by atoms with Crippen molar-refractivity contribution < 1.29 is 9.32 Å². The molecular formula is C12H15N3O2S. The molecule has 2 aromatic rings. The van der Waals surface area contributed by atoms with Gasteiger partial charge in [-0.1, -0.05) is 19.0 Å². The molecule has 0 aliphatic heterocycles. The lowest BCUT2D eigenvalue weighted by Crippen LogP contribution is -2.10. The van der Waals surface area contributed by atoms with E-state index < -0.39 is 0 Å². The van der Waals surface area contributed by atoms with E-state index in [0.717, 1.165) is 10.7 Å². The highest BCUT2D eigenvalue weighted by molar-refractivity contribution is 7.09. The molecule has 2 aromatic heterocycles. The van der Waals surface area contributed by atoms with Crippen LogP contribution in [0.15, 0.2) is 9.90 Å². The van der Waals surface area contributed by atoms with Crippen LogP contribution in [0.4, 0.5) is 0 Å². The van der Waals surface area contributed by atoms with Crippen LogP contribution in [0.3, 0.4) is 0 Å². The molecule has 2 rings (SSSR count). The highest BCUT2D eigenvalue weighted by Crippen LogP contribution is 2.12. The largest absolute Gasteiger partial charge is 0.339 e. The maximum atomic E-state index is 11.5. The van der Waals surface area contributed by atoms with Crippen LogP contribution < -0.4 is 0 Å². The highest BCUT2D eigenvalue weighted by Gasteiger charge is 2.14. The van der Waals surface area contributed by atoms with Crippen LogP contribution in [0, 0.1) is 12.8 Å². The summed E-state index contributed by atoms with van der Waals surface area (Å²) in [6, 6.07) is 0. The Kier molecular flexibility index (Phi) is 3.86. The lowest BCUT2D eigenvalue weighted by Gasteiger charge is -1.98. The van der Waals surface area contributed by atoms with Gasteiger partial charge in [0.2, 0.25) is 5.89 Å². The van der Waals surface area contributed by atoms with Gasteiger partial charge in [0, 0.05) is 11.3 Å². The van der Waals surface area contributed by atoms with E-state index in [-0.39, 0.29) is 18.1 Å². The predicted octanol–water partition coefficient (Wildman–Crippen LogP) is 2.19. The van der Waals surface area contributed by atoms with Gasteiger partial charge in [0.15, 0.2) is 5.82 Å². The standard InChI is InChI=1S/C12H15N3O2S/c1-7(2)10(16)5-12-14-11(15-17-12)4-9-6-18-8(3)13-9/h6-7H,4-5H2,1-3H3. The van der Waals surface area contributed by atoms with Crippen LogP contribution in [-0.2, 0) is 17.6 Å². The minimum absolute atomic E-state index is 0.0125. The lowest BCUT2D eigenvalue weighted by atomic mass is 10.1. The number of hydrogen-bond donors (Lipinski definition) is 0. The van der Waals surface area contributed by atoms with E-state index in [1.165, 1.54) is 0 Å². The van der Waals surface area contributed by atoms with Crippen molar-refractivity contribution in [2.75, 3.05) is 0 Å². The minimum atomic E-state index is -0.0125. The maximum Gasteiger partial charge on any atom is 0.234 e. The van der Waals surface area contributed by atoms with E-state index in [1.54, 1.807) is 11.3 Å². The van der Waals surface area contributed by atoms with Gasteiger partial charge < -0.3 is 4.52 Å². The second kappa shape index (κ2) is 5.39. The minimum Gasteiger partial charge on any atom is -0.339 e. The summed E-state index contributed by atoms with van der Waals surface area (Å²) in [7, 11) is 0. The predicted molar refractivity (Wildman–Crippen MR) is 67.5 cm³/mol. The van der Waals surface area contributed by atoms with Gasteiger partial charge in [0.1, 0.15) is 5.78 Å². The number of aryl methyl sites for hydroxylation is 1. The summed E-state index contributed by atoms with van der Waals surface area (Å²) < 4.78 is 5.06. The lowest BCUT2D eigenvalue weighted by molar-refractivity contribution is -0.121. The van der Waals surface area contributed by atoms with Crippen LogP contribution >= 0.6 is 11.3 Å². The molecular weight excluding hydrogens is 250 g/mol. The Hall–Kier alpha value is -1.56. The molecule has 18 heavy (non-hydrogen) atoms. The van der Waals surface area contributed by atoms with Gasteiger partial charge >= 0.3 is 0 Å². The van der Waals surface area contributed by atoms with E-state index in [4.69, 9.17) is 4.52 Å². The van der Waals surface area contributed by atoms with Gasteiger partial charge in [-0.3, -0.25) is 4.79 Å². The average Bonchev–Trinajstić information content (AvgIpc) is 2.89. The third-order valence-corrected chi connectivity index (χ3v) is 3.31. The van der Waals surface area contributed by atoms with Crippen LogP contribution in [0.5, 0.6) is 0 Å². The first-order valence-electron chi connectivity index (χ1n) is 5.79. The molecule has 0 N–H and O–H groups in total. The third kappa shape index (κ3) is 3.22. The van der Waals surface area contributed by atoms with E-state index in [9.17, 15) is 4.79 Å². The number of ketones is 1. The summed E-state index contributed by atoms with van der Waals surface area (Å²) >= 11 is 1.59. The van der Waals surface area contributed by atoms with Gasteiger partial charge in [-0.2, -0.15) is 4.98 Å². The molecule has 0 fully saturated rings. The molecule has 0 amide bonds. The monoisotopic (exact) mass is 265 g/mol. The van der Waals surface area contributed by atoms with Crippen molar-refractivity contribution in [3.63, 3.8) is 0 Å². The van der Waals surface area contributed by atoms with Crippen LogP contribution in [0.25, 0.3) is 0 Å². The number of hydrogen-bond acceptors (Lipinski definition) is 6. The van der Waals surface area contributed by atoms with E-state index in [1.807, 2.05) is 26.2 Å². The normalized spacial score (nSPS) is 11.1. The number of carbonyl (C=O) groups is 1. The van der Waals surface area contributed by atoms with Crippen molar-refractivity contribution >= 4 is 17.1 Å². The Morgan fingerprint density at radius 1 is 1.44 bits per heavy atom. The fraction of sp³-hybridized carbons (Fsp3) is 0.500. The van der Waals surface area contributed by atoms with Gasteiger partial charge in [0.05, 0.1) is 23.5 Å². The van der Waals surface area contributed by atoms with E-state index in [0.29, 0.717) is 18.1 Å². The molecule has 0 bridgehead atoms. The zero-order valence-electron chi connectivity index (χ0n) is 10.6. The Morgan fingerprint density at radius 3 is 2.83 bits per heavy atom. The molecule has 0 spiro atoms. The van der Waals surface area contributed by atoms with Crippen molar-refractivity contribution in [2.24, 2.45) is 5.92 Å². The molecule has 0 saturated heterocycles. The molecule has 5 nitrogen and oxygen atoms in total. The summed E-state index contributed by atoms with van der Waals surface area (Å²) in [6.07, 6.45) is 0.754. The number of thiazole rings is 1. The average molecular weight is 265 g/mol. The van der Waals surface area contributed by atoms with Gasteiger partial charge in [-0.25, -0.2) is 4.98 Å². The number of aromatic nitrogens is 3. The van der Waals surface area contributed by atoms with Crippen molar-refractivity contribution in [2.45, 2.75) is 33.6 Å². The molecule has 0 atom stereocenters. The summed E-state index contributed by atoms with van der Waals surface area (Å²) in [5.74, 6) is 1.05. The highest BCUT2D eigenvalue weighted by atomic mass is 32.1.